The predicted octanol–water partition coefficient (Wildman–Crippen LogP) is 4.87. The number of allylic oxidation sites excluding steroid dienone is 1. The van der Waals surface area contributed by atoms with Gasteiger partial charge in [-0.15, -0.1) is 0 Å². The maximum absolute atomic E-state index is 10.6. The molecule has 3 fully saturated rings. The lowest BCUT2D eigenvalue weighted by Gasteiger charge is -2.60. The average molecular weight is 286 g/mol. The molecular weight excluding hydrogens is 256 g/mol. The lowest BCUT2D eigenvalue weighted by Crippen LogP contribution is -2.51. The molecule has 4 aliphatic rings. The number of aliphatic hydroxyl groups excluding tert-OH is 1. The molecule has 0 aliphatic heterocycles. The smallest absolute Gasteiger partial charge is 0.0789 e. The summed E-state index contributed by atoms with van der Waals surface area (Å²) in [5, 5.41) is 10.6. The predicted molar refractivity (Wildman–Crippen MR) is 86.8 cm³/mol. The highest BCUT2D eigenvalue weighted by molar-refractivity contribution is 5.39. The van der Waals surface area contributed by atoms with E-state index in [-0.39, 0.29) is 6.10 Å². The zero-order valence-electron chi connectivity index (χ0n) is 13.9. The molecule has 0 aromatic rings. The van der Waals surface area contributed by atoms with E-state index in [1.54, 1.807) is 5.57 Å². The molecule has 5 atom stereocenters. The Bertz CT molecular complexity index is 528. The topological polar surface area (TPSA) is 20.2 Å². The van der Waals surface area contributed by atoms with Crippen molar-refractivity contribution in [3.05, 3.63) is 23.8 Å². The van der Waals surface area contributed by atoms with Gasteiger partial charge in [0.2, 0.25) is 0 Å². The van der Waals surface area contributed by atoms with Gasteiger partial charge in [0.25, 0.3) is 0 Å². The van der Waals surface area contributed by atoms with Gasteiger partial charge in [-0.05, 0) is 60.7 Å². The van der Waals surface area contributed by atoms with Gasteiger partial charge in [-0.25, -0.2) is 0 Å². The zero-order valence-corrected chi connectivity index (χ0v) is 13.9. The van der Waals surface area contributed by atoms with E-state index in [1.165, 1.54) is 44.1 Å². The van der Waals surface area contributed by atoms with Gasteiger partial charge < -0.3 is 5.11 Å². The van der Waals surface area contributed by atoms with Crippen LogP contribution in [0.25, 0.3) is 0 Å². The molecule has 1 N–H and O–H groups in total. The third-order valence-corrected chi connectivity index (χ3v) is 7.78. The van der Waals surface area contributed by atoms with Crippen LogP contribution in [0.3, 0.4) is 0 Å². The summed E-state index contributed by atoms with van der Waals surface area (Å²) >= 11 is 0. The third kappa shape index (κ3) is 1.67. The van der Waals surface area contributed by atoms with Crippen molar-refractivity contribution < 1.29 is 5.11 Å². The van der Waals surface area contributed by atoms with Crippen LogP contribution in [0, 0.1) is 28.1 Å². The highest BCUT2D eigenvalue weighted by Gasteiger charge is 2.60. The first-order chi connectivity index (χ1) is 9.79. The highest BCUT2D eigenvalue weighted by Crippen LogP contribution is 2.70. The molecule has 0 radical (unpaired) electrons. The Kier molecular flexibility index (Phi) is 2.71. The van der Waals surface area contributed by atoms with Gasteiger partial charge in [-0.3, -0.25) is 0 Å². The maximum atomic E-state index is 10.6. The van der Waals surface area contributed by atoms with Crippen molar-refractivity contribution in [1.29, 1.82) is 0 Å². The monoisotopic (exact) mass is 286 g/mol. The lowest BCUT2D eigenvalue weighted by molar-refractivity contribution is -0.0357. The van der Waals surface area contributed by atoms with Crippen molar-refractivity contribution in [3.63, 3.8) is 0 Å². The number of hydrogen-bond acceptors (Lipinski definition) is 1. The Morgan fingerprint density at radius 2 is 1.95 bits per heavy atom. The van der Waals surface area contributed by atoms with Gasteiger partial charge in [0.05, 0.1) is 6.10 Å². The van der Waals surface area contributed by atoms with E-state index in [0.717, 1.165) is 12.3 Å². The van der Waals surface area contributed by atoms with Gasteiger partial charge in [0, 0.05) is 5.92 Å². The van der Waals surface area contributed by atoms with Crippen LogP contribution in [0.15, 0.2) is 23.8 Å². The van der Waals surface area contributed by atoms with Gasteiger partial charge in [0.15, 0.2) is 0 Å². The molecule has 4 rings (SSSR count). The highest BCUT2D eigenvalue weighted by atomic mass is 16.3. The van der Waals surface area contributed by atoms with Crippen molar-refractivity contribution in [1.82, 2.24) is 0 Å². The fourth-order valence-electron chi connectivity index (χ4n) is 6.93. The first kappa shape index (κ1) is 14.1. The summed E-state index contributed by atoms with van der Waals surface area (Å²) in [7, 11) is 0. The van der Waals surface area contributed by atoms with Crippen molar-refractivity contribution in [2.75, 3.05) is 0 Å². The van der Waals surface area contributed by atoms with E-state index in [9.17, 15) is 5.11 Å². The van der Waals surface area contributed by atoms with Crippen molar-refractivity contribution >= 4 is 0 Å². The second-order valence-corrected chi connectivity index (χ2v) is 9.35. The van der Waals surface area contributed by atoms with Crippen molar-refractivity contribution in [2.45, 2.75) is 71.8 Å². The Morgan fingerprint density at radius 3 is 2.71 bits per heavy atom. The molecule has 116 valence electrons. The van der Waals surface area contributed by atoms with Crippen LogP contribution in [0.1, 0.15) is 65.7 Å². The average Bonchev–Trinajstić information content (AvgIpc) is 2.66. The molecule has 21 heavy (non-hydrogen) atoms. The first-order valence-electron chi connectivity index (χ1n) is 8.87. The normalized spacial score (nSPS) is 51.1. The zero-order chi connectivity index (χ0) is 15.0. The first-order valence-corrected chi connectivity index (χ1v) is 8.87. The van der Waals surface area contributed by atoms with E-state index in [1.807, 2.05) is 0 Å². The summed E-state index contributed by atoms with van der Waals surface area (Å²) in [5.74, 6) is 1.12. The summed E-state index contributed by atoms with van der Waals surface area (Å²) in [5.41, 5.74) is 4.07. The van der Waals surface area contributed by atoms with Gasteiger partial charge in [0.1, 0.15) is 0 Å². The number of rotatable bonds is 0. The summed E-state index contributed by atoms with van der Waals surface area (Å²) in [6, 6.07) is 0. The van der Waals surface area contributed by atoms with E-state index in [4.69, 9.17) is 0 Å². The van der Waals surface area contributed by atoms with Crippen LogP contribution >= 0.6 is 0 Å². The Labute approximate surface area is 129 Å². The number of aliphatic hydroxyl groups is 1. The Hall–Kier alpha value is -0.560. The summed E-state index contributed by atoms with van der Waals surface area (Å²) < 4.78 is 0. The summed E-state index contributed by atoms with van der Waals surface area (Å²) in [6.45, 7) is 11.8. The van der Waals surface area contributed by atoms with Crippen LogP contribution in [0.4, 0.5) is 0 Å². The summed E-state index contributed by atoms with van der Waals surface area (Å²) in [6.07, 6.45) is 11.0. The second kappa shape index (κ2) is 4.04. The number of hydrogen-bond donors (Lipinski definition) is 1. The van der Waals surface area contributed by atoms with Crippen molar-refractivity contribution in [3.8, 4) is 0 Å². The molecule has 1 heteroatoms. The van der Waals surface area contributed by atoms with Crippen LogP contribution in [-0.2, 0) is 0 Å². The molecule has 1 spiro atoms. The minimum Gasteiger partial charge on any atom is -0.388 e. The van der Waals surface area contributed by atoms with E-state index in [2.05, 4.69) is 33.4 Å². The third-order valence-electron chi connectivity index (χ3n) is 7.78. The Morgan fingerprint density at radius 1 is 1.19 bits per heavy atom. The minimum absolute atomic E-state index is 0.274. The maximum Gasteiger partial charge on any atom is 0.0789 e. The lowest BCUT2D eigenvalue weighted by atomic mass is 9.44. The van der Waals surface area contributed by atoms with Crippen molar-refractivity contribution in [2.24, 2.45) is 28.1 Å². The quantitative estimate of drug-likeness (QED) is 0.630. The van der Waals surface area contributed by atoms with E-state index < -0.39 is 0 Å². The largest absolute Gasteiger partial charge is 0.388 e. The molecule has 0 aromatic carbocycles. The molecule has 2 bridgehead atoms. The fraction of sp³-hybridized carbons (Fsp3) is 0.800. The second-order valence-electron chi connectivity index (χ2n) is 9.35. The molecular formula is C20H30O. The standard InChI is InChI=1S/C20H30O/c1-13-11-20-9-6-16-18(2,3)7-5-8-19(16,4)17(20)10-15(21)14(13)12-20/h10,14-16,21H,1,5-9,11-12H2,2-4H3/t14-,15+,16-,19-,20-/m1/s1. The SMILES string of the molecule is C=C1C[C@@]23CC[C@@H]4C(C)(C)CCC[C@@]4(C)C2=C[C@H](O)[C@@H]1C3. The van der Waals surface area contributed by atoms with Crippen LogP contribution in [-0.4, -0.2) is 11.2 Å². The molecule has 0 heterocycles. The van der Waals surface area contributed by atoms with Gasteiger partial charge in [-0.2, -0.15) is 0 Å². The molecule has 0 aromatic heterocycles. The molecule has 0 amide bonds. The van der Waals surface area contributed by atoms with Gasteiger partial charge >= 0.3 is 0 Å². The van der Waals surface area contributed by atoms with E-state index >= 15 is 0 Å². The number of fused-ring (bicyclic) bond motifs is 3. The summed E-state index contributed by atoms with van der Waals surface area (Å²) in [4.78, 5) is 0. The van der Waals surface area contributed by atoms with Crippen LogP contribution in [0.5, 0.6) is 0 Å². The molecule has 0 unspecified atom stereocenters. The van der Waals surface area contributed by atoms with Crippen LogP contribution < -0.4 is 0 Å². The van der Waals surface area contributed by atoms with Gasteiger partial charge in [-0.1, -0.05) is 51.0 Å². The molecule has 3 saturated carbocycles. The molecule has 4 aliphatic carbocycles. The van der Waals surface area contributed by atoms with Crippen LogP contribution in [0.2, 0.25) is 0 Å². The minimum atomic E-state index is -0.274. The molecule has 1 nitrogen and oxygen atoms in total. The van der Waals surface area contributed by atoms with E-state index in [0.29, 0.717) is 22.2 Å². The fourth-order valence-corrected chi connectivity index (χ4v) is 6.93. The molecule has 0 saturated heterocycles. The Balaban J connectivity index is 1.83.